The molecule has 0 bridgehead atoms. The predicted molar refractivity (Wildman–Crippen MR) is 132 cm³/mol. The number of alkyl halides is 1. The highest BCUT2D eigenvalue weighted by atomic mass is 32.2. The van der Waals surface area contributed by atoms with E-state index in [9.17, 15) is 32.0 Å². The van der Waals surface area contributed by atoms with Crippen molar-refractivity contribution in [1.29, 1.82) is 0 Å². The molecule has 0 aromatic heterocycles. The largest absolute Gasteiger partial charge is 0.465 e. The van der Waals surface area contributed by atoms with Gasteiger partial charge in [0.15, 0.2) is 0 Å². The van der Waals surface area contributed by atoms with Crippen LogP contribution < -0.4 is 10.6 Å². The Morgan fingerprint density at radius 3 is 1.58 bits per heavy atom. The summed E-state index contributed by atoms with van der Waals surface area (Å²) in [6.07, 6.45) is 1.47. The van der Waals surface area contributed by atoms with Crippen molar-refractivity contribution in [3.8, 4) is 0 Å². The number of carbonyl (C=O) groups is 4. The second kappa shape index (κ2) is 13.9. The maximum Gasteiger partial charge on any atom is 0.339 e. The van der Waals surface area contributed by atoms with Crippen LogP contribution in [0.5, 0.6) is 0 Å². The highest BCUT2D eigenvalue weighted by Gasteiger charge is 2.15. The molecular weight excluding hydrogens is 495 g/mol. The molecule has 10 nitrogen and oxygen atoms in total. The van der Waals surface area contributed by atoms with Gasteiger partial charge in [-0.1, -0.05) is 12.1 Å². The molecule has 0 spiro atoms. The Labute approximate surface area is 209 Å². The van der Waals surface area contributed by atoms with E-state index in [1.54, 1.807) is 12.1 Å². The first-order valence-corrected chi connectivity index (χ1v) is 12.6. The molecule has 0 heterocycles. The van der Waals surface area contributed by atoms with Crippen molar-refractivity contribution in [1.82, 2.24) is 0 Å². The third-order valence-electron chi connectivity index (χ3n) is 4.52. The Morgan fingerprint density at radius 2 is 1.22 bits per heavy atom. The summed E-state index contributed by atoms with van der Waals surface area (Å²) in [4.78, 5) is 45.0. The van der Waals surface area contributed by atoms with E-state index in [-0.39, 0.29) is 34.4 Å². The van der Waals surface area contributed by atoms with Crippen molar-refractivity contribution >= 4 is 45.0 Å². The fourth-order valence-electron chi connectivity index (χ4n) is 2.89. The molecule has 12 heteroatoms. The van der Waals surface area contributed by atoms with Gasteiger partial charge in [-0.05, 0) is 41.8 Å². The lowest BCUT2D eigenvalue weighted by Crippen LogP contribution is -2.13. The van der Waals surface area contributed by atoms with Crippen LogP contribution in [0.1, 0.15) is 45.7 Å². The molecule has 2 amide bonds. The van der Waals surface area contributed by atoms with Crippen molar-refractivity contribution in [2.45, 2.75) is 26.9 Å². The molecular formula is C24H29FN2O8S. The average Bonchev–Trinajstić information content (AvgIpc) is 2.81. The molecule has 0 fully saturated rings. The monoisotopic (exact) mass is 524 g/mol. The van der Waals surface area contributed by atoms with Crippen LogP contribution in [0.25, 0.3) is 0 Å². The number of amides is 2. The number of rotatable bonds is 8. The summed E-state index contributed by atoms with van der Waals surface area (Å²) in [5, 5.41) is 4.99. The molecule has 0 radical (unpaired) electrons. The lowest BCUT2D eigenvalue weighted by molar-refractivity contribution is -0.115. The number of sulfone groups is 1. The minimum absolute atomic E-state index is 0.00405. The third kappa shape index (κ3) is 10.2. The minimum atomic E-state index is -3.07. The standard InChI is InChI=1S/C13H17NO5S.C11H12FNO3/c1-9(15)14-12-8-10(6-7-20(3,17)18)4-5-11(12)13(16)19-2;1-7(14)13-10-5-8(6-12)3-4-9(10)11(15)16-2/h4-5,8H,6-7H2,1-3H3,(H,14,15);3-5H,6H2,1-2H3,(H,13,14). The maximum atomic E-state index is 12.4. The maximum absolute atomic E-state index is 12.4. The number of carbonyl (C=O) groups excluding carboxylic acids is 4. The SMILES string of the molecule is COC(=O)c1ccc(CCS(C)(=O)=O)cc1NC(C)=O.COC(=O)c1ccc(CF)cc1NC(C)=O. The molecule has 2 aromatic rings. The van der Waals surface area contributed by atoms with E-state index in [0.717, 1.165) is 6.26 Å². The molecule has 0 unspecified atom stereocenters. The number of anilines is 2. The molecule has 196 valence electrons. The first-order valence-electron chi connectivity index (χ1n) is 10.5. The van der Waals surface area contributed by atoms with Crippen LogP contribution in [0.4, 0.5) is 15.8 Å². The number of hydrogen-bond acceptors (Lipinski definition) is 8. The number of hydrogen-bond donors (Lipinski definition) is 2. The summed E-state index contributed by atoms with van der Waals surface area (Å²) in [5.74, 6) is -1.79. The molecule has 2 rings (SSSR count). The van der Waals surface area contributed by atoms with E-state index in [1.807, 2.05) is 0 Å². The number of ether oxygens (including phenoxy) is 2. The fourth-order valence-corrected chi connectivity index (χ4v) is 3.49. The number of nitrogens with one attached hydrogen (secondary N) is 2. The number of benzene rings is 2. The van der Waals surface area contributed by atoms with Gasteiger partial charge in [0.2, 0.25) is 11.8 Å². The van der Waals surface area contributed by atoms with Crippen LogP contribution in [-0.4, -0.2) is 58.4 Å². The molecule has 0 aliphatic rings. The molecule has 0 saturated carbocycles. The van der Waals surface area contributed by atoms with E-state index in [2.05, 4.69) is 20.1 Å². The molecule has 0 saturated heterocycles. The van der Waals surface area contributed by atoms with Crippen LogP contribution in [0, 0.1) is 0 Å². The molecule has 0 aliphatic carbocycles. The van der Waals surface area contributed by atoms with Gasteiger partial charge in [0.25, 0.3) is 0 Å². The van der Waals surface area contributed by atoms with Crippen LogP contribution in [0.15, 0.2) is 36.4 Å². The topological polar surface area (TPSA) is 145 Å². The average molecular weight is 525 g/mol. The van der Waals surface area contributed by atoms with Crippen molar-refractivity contribution in [2.75, 3.05) is 36.9 Å². The van der Waals surface area contributed by atoms with Gasteiger partial charge >= 0.3 is 11.9 Å². The predicted octanol–water partition coefficient (Wildman–Crippen LogP) is 2.92. The lowest BCUT2D eigenvalue weighted by Gasteiger charge is -2.10. The second-order valence-electron chi connectivity index (χ2n) is 7.62. The number of methoxy groups -OCH3 is 2. The highest BCUT2D eigenvalue weighted by molar-refractivity contribution is 7.90. The van der Waals surface area contributed by atoms with Crippen LogP contribution in [0.3, 0.4) is 0 Å². The van der Waals surface area contributed by atoms with Crippen LogP contribution in [-0.2, 0) is 42.0 Å². The summed E-state index contributed by atoms with van der Waals surface area (Å²) in [6, 6.07) is 9.04. The van der Waals surface area contributed by atoms with Gasteiger partial charge in [0.1, 0.15) is 16.5 Å². The summed E-state index contributed by atoms with van der Waals surface area (Å²) in [6.45, 7) is 1.97. The summed E-state index contributed by atoms with van der Waals surface area (Å²) in [7, 11) is -0.582. The number of esters is 2. The zero-order chi connectivity index (χ0) is 27.5. The molecule has 0 atom stereocenters. The zero-order valence-corrected chi connectivity index (χ0v) is 21.5. The van der Waals surface area contributed by atoms with E-state index < -0.39 is 28.5 Å². The minimum Gasteiger partial charge on any atom is -0.465 e. The van der Waals surface area contributed by atoms with Gasteiger partial charge in [-0.2, -0.15) is 0 Å². The third-order valence-corrected chi connectivity index (χ3v) is 5.46. The van der Waals surface area contributed by atoms with Gasteiger partial charge in [0, 0.05) is 20.1 Å². The summed E-state index contributed by atoms with van der Waals surface area (Å²) >= 11 is 0. The molecule has 36 heavy (non-hydrogen) atoms. The van der Waals surface area contributed by atoms with Crippen molar-refractivity contribution in [2.24, 2.45) is 0 Å². The van der Waals surface area contributed by atoms with Crippen molar-refractivity contribution in [3.63, 3.8) is 0 Å². The van der Waals surface area contributed by atoms with Crippen LogP contribution in [0.2, 0.25) is 0 Å². The lowest BCUT2D eigenvalue weighted by atomic mass is 10.1. The smallest absolute Gasteiger partial charge is 0.339 e. The van der Waals surface area contributed by atoms with E-state index in [0.29, 0.717) is 23.2 Å². The van der Waals surface area contributed by atoms with E-state index in [4.69, 9.17) is 0 Å². The fraction of sp³-hybridized carbons (Fsp3) is 0.333. The van der Waals surface area contributed by atoms with Gasteiger partial charge in [-0.25, -0.2) is 22.4 Å². The Balaban J connectivity index is 0.000000369. The molecule has 2 aromatic carbocycles. The normalized spacial score (nSPS) is 10.4. The summed E-state index contributed by atoms with van der Waals surface area (Å²) in [5.41, 5.74) is 2.11. The van der Waals surface area contributed by atoms with E-state index in [1.165, 1.54) is 52.3 Å². The Hall–Kier alpha value is -3.80. The summed E-state index contributed by atoms with van der Waals surface area (Å²) < 4.78 is 43.9. The first-order chi connectivity index (χ1) is 16.8. The highest BCUT2D eigenvalue weighted by Crippen LogP contribution is 2.20. The molecule has 2 N–H and O–H groups in total. The van der Waals surface area contributed by atoms with Gasteiger partial charge in [-0.15, -0.1) is 0 Å². The number of aryl methyl sites for hydroxylation is 1. The first kappa shape index (κ1) is 30.2. The van der Waals surface area contributed by atoms with Crippen LogP contribution >= 0.6 is 0 Å². The number of halogens is 1. The second-order valence-corrected chi connectivity index (χ2v) is 9.88. The van der Waals surface area contributed by atoms with Gasteiger partial charge < -0.3 is 20.1 Å². The Morgan fingerprint density at radius 1 is 0.806 bits per heavy atom. The van der Waals surface area contributed by atoms with Crippen molar-refractivity contribution < 1.29 is 41.5 Å². The van der Waals surface area contributed by atoms with E-state index >= 15 is 0 Å². The Bertz CT molecular complexity index is 1230. The Kier molecular flexibility index (Phi) is 11.7. The van der Waals surface area contributed by atoms with Crippen molar-refractivity contribution in [3.05, 3.63) is 58.7 Å². The van der Waals surface area contributed by atoms with Gasteiger partial charge in [-0.3, -0.25) is 9.59 Å². The zero-order valence-electron chi connectivity index (χ0n) is 20.6. The van der Waals surface area contributed by atoms with Gasteiger partial charge in [0.05, 0.1) is 42.5 Å². The quantitative estimate of drug-likeness (QED) is 0.502. The molecule has 0 aliphatic heterocycles.